The summed E-state index contributed by atoms with van der Waals surface area (Å²) in [6.45, 7) is 0.548. The average Bonchev–Trinajstić information content (AvgIpc) is 2.62. The SMILES string of the molecule is NCC1CCC(NC(=O)C(OC(=O)C(F)(F)F)Oc2ccc(Cl)cc2)CC1. The Hall–Kier alpha value is -2.00. The van der Waals surface area contributed by atoms with Crippen molar-refractivity contribution in [2.45, 2.75) is 44.2 Å². The number of nitrogens with two attached hydrogens (primary N) is 1. The van der Waals surface area contributed by atoms with Gasteiger partial charge in [0.25, 0.3) is 0 Å². The molecule has 1 aromatic rings. The Morgan fingerprint density at radius 3 is 2.30 bits per heavy atom. The molecule has 0 aliphatic heterocycles. The molecule has 0 radical (unpaired) electrons. The van der Waals surface area contributed by atoms with Gasteiger partial charge in [-0.15, -0.1) is 0 Å². The standard InChI is InChI=1S/C17H20ClF3N2O4/c18-11-3-7-13(8-4-11)26-15(27-16(25)17(19,20)21)14(24)23-12-5-1-10(9-22)2-6-12/h3-4,7-8,10,12,15H,1-2,5-6,9,22H2,(H,23,24). The second-order valence-corrected chi connectivity index (χ2v) is 6.71. The fourth-order valence-corrected chi connectivity index (χ4v) is 2.87. The van der Waals surface area contributed by atoms with E-state index in [1.807, 2.05) is 0 Å². The van der Waals surface area contributed by atoms with Gasteiger partial charge in [-0.2, -0.15) is 13.2 Å². The molecular formula is C17H20ClF3N2O4. The van der Waals surface area contributed by atoms with Gasteiger partial charge in [-0.25, -0.2) is 4.79 Å². The molecule has 0 aromatic heterocycles. The molecule has 6 nitrogen and oxygen atoms in total. The van der Waals surface area contributed by atoms with Crippen LogP contribution in [0.5, 0.6) is 5.75 Å². The highest BCUT2D eigenvalue weighted by Gasteiger charge is 2.44. The highest BCUT2D eigenvalue weighted by Crippen LogP contribution is 2.24. The third kappa shape index (κ3) is 6.59. The van der Waals surface area contributed by atoms with Gasteiger partial charge in [0, 0.05) is 11.1 Å². The number of halogens is 4. The van der Waals surface area contributed by atoms with Crippen LogP contribution in [0, 0.1) is 5.92 Å². The number of benzene rings is 1. The molecule has 1 fully saturated rings. The van der Waals surface area contributed by atoms with Crippen molar-refractivity contribution in [2.75, 3.05) is 6.54 Å². The molecule has 1 aliphatic carbocycles. The highest BCUT2D eigenvalue weighted by atomic mass is 35.5. The first-order chi connectivity index (χ1) is 12.7. The molecule has 1 aliphatic rings. The molecule has 1 aromatic carbocycles. The van der Waals surface area contributed by atoms with Crippen LogP contribution in [0.4, 0.5) is 13.2 Å². The van der Waals surface area contributed by atoms with E-state index in [-0.39, 0.29) is 11.8 Å². The Morgan fingerprint density at radius 2 is 1.78 bits per heavy atom. The molecule has 1 atom stereocenters. The second-order valence-electron chi connectivity index (χ2n) is 6.27. The lowest BCUT2D eigenvalue weighted by Gasteiger charge is -2.29. The molecule has 150 valence electrons. The van der Waals surface area contributed by atoms with E-state index in [2.05, 4.69) is 10.1 Å². The quantitative estimate of drug-likeness (QED) is 0.558. The first-order valence-electron chi connectivity index (χ1n) is 8.39. The molecule has 0 bridgehead atoms. The number of rotatable bonds is 6. The van der Waals surface area contributed by atoms with Gasteiger partial charge in [0.15, 0.2) is 0 Å². The Morgan fingerprint density at radius 1 is 1.19 bits per heavy atom. The van der Waals surface area contributed by atoms with Crippen LogP contribution in [0.1, 0.15) is 25.7 Å². The predicted octanol–water partition coefficient (Wildman–Crippen LogP) is 2.78. The number of nitrogens with one attached hydrogen (secondary N) is 1. The zero-order valence-electron chi connectivity index (χ0n) is 14.3. The maximum atomic E-state index is 12.5. The predicted molar refractivity (Wildman–Crippen MR) is 91.0 cm³/mol. The molecule has 2 rings (SSSR count). The van der Waals surface area contributed by atoms with Crippen molar-refractivity contribution in [3.63, 3.8) is 0 Å². The maximum Gasteiger partial charge on any atom is 0.491 e. The number of carbonyl (C=O) groups is 2. The summed E-state index contributed by atoms with van der Waals surface area (Å²) in [5.41, 5.74) is 5.61. The molecule has 3 N–H and O–H groups in total. The van der Waals surface area contributed by atoms with Crippen molar-refractivity contribution >= 4 is 23.5 Å². The summed E-state index contributed by atoms with van der Waals surface area (Å²) in [5, 5.41) is 2.94. The van der Waals surface area contributed by atoms with Crippen molar-refractivity contribution in [2.24, 2.45) is 11.7 Å². The van der Waals surface area contributed by atoms with E-state index in [9.17, 15) is 22.8 Å². The van der Waals surface area contributed by atoms with E-state index in [4.69, 9.17) is 22.1 Å². The second kappa shape index (κ2) is 9.27. The van der Waals surface area contributed by atoms with Crippen LogP contribution in [0.3, 0.4) is 0 Å². The van der Waals surface area contributed by atoms with Crippen molar-refractivity contribution in [3.8, 4) is 5.75 Å². The fourth-order valence-electron chi connectivity index (χ4n) is 2.74. The van der Waals surface area contributed by atoms with Crippen molar-refractivity contribution in [1.82, 2.24) is 5.32 Å². The zero-order valence-corrected chi connectivity index (χ0v) is 15.1. The van der Waals surface area contributed by atoms with E-state index in [0.717, 1.165) is 12.8 Å². The molecule has 27 heavy (non-hydrogen) atoms. The van der Waals surface area contributed by atoms with Crippen LogP contribution in [-0.4, -0.2) is 36.9 Å². The van der Waals surface area contributed by atoms with Crippen LogP contribution < -0.4 is 15.8 Å². The third-order valence-corrected chi connectivity index (χ3v) is 4.49. The Bertz CT molecular complexity index is 647. The maximum absolute atomic E-state index is 12.5. The summed E-state index contributed by atoms with van der Waals surface area (Å²) in [4.78, 5) is 23.5. The lowest BCUT2D eigenvalue weighted by atomic mass is 9.86. The van der Waals surface area contributed by atoms with Crippen LogP contribution in [-0.2, 0) is 14.3 Å². The number of hydrogen-bond donors (Lipinski definition) is 2. The first-order valence-corrected chi connectivity index (χ1v) is 8.77. The monoisotopic (exact) mass is 408 g/mol. The summed E-state index contributed by atoms with van der Waals surface area (Å²) in [5.74, 6) is -3.08. The highest BCUT2D eigenvalue weighted by molar-refractivity contribution is 6.30. The minimum atomic E-state index is -5.25. The summed E-state index contributed by atoms with van der Waals surface area (Å²) in [6, 6.07) is 5.28. The van der Waals surface area contributed by atoms with Gasteiger partial charge in [-0.1, -0.05) is 11.6 Å². The fraction of sp³-hybridized carbons (Fsp3) is 0.529. The minimum Gasteiger partial charge on any atom is -0.446 e. The Labute approximate surface area is 159 Å². The average molecular weight is 409 g/mol. The number of hydrogen-bond acceptors (Lipinski definition) is 5. The Kier molecular flexibility index (Phi) is 7.32. The van der Waals surface area contributed by atoms with E-state index in [0.29, 0.717) is 30.3 Å². The molecule has 0 spiro atoms. The van der Waals surface area contributed by atoms with Gasteiger partial charge in [0.2, 0.25) is 0 Å². The summed E-state index contributed by atoms with van der Waals surface area (Å²) < 4.78 is 46.9. The number of ether oxygens (including phenoxy) is 2. The van der Waals surface area contributed by atoms with E-state index >= 15 is 0 Å². The molecule has 1 saturated carbocycles. The first kappa shape index (κ1) is 21.3. The lowest BCUT2D eigenvalue weighted by Crippen LogP contribution is -2.48. The zero-order chi connectivity index (χ0) is 20.0. The molecular weight excluding hydrogens is 389 g/mol. The van der Waals surface area contributed by atoms with Crippen LogP contribution in [0.25, 0.3) is 0 Å². The van der Waals surface area contributed by atoms with Gasteiger partial charge in [0.05, 0.1) is 0 Å². The van der Waals surface area contributed by atoms with Crippen LogP contribution in [0.15, 0.2) is 24.3 Å². The van der Waals surface area contributed by atoms with Gasteiger partial charge in [-0.05, 0) is 62.4 Å². The van der Waals surface area contributed by atoms with Gasteiger partial charge in [0.1, 0.15) is 5.75 Å². The van der Waals surface area contributed by atoms with Crippen LogP contribution in [0.2, 0.25) is 5.02 Å². The van der Waals surface area contributed by atoms with E-state index < -0.39 is 24.3 Å². The van der Waals surface area contributed by atoms with Crippen molar-refractivity contribution < 1.29 is 32.2 Å². The van der Waals surface area contributed by atoms with Gasteiger partial charge >= 0.3 is 24.3 Å². The van der Waals surface area contributed by atoms with Gasteiger partial charge in [-0.3, -0.25) is 4.79 Å². The van der Waals surface area contributed by atoms with Crippen LogP contribution >= 0.6 is 11.6 Å². The number of carbonyl (C=O) groups excluding carboxylic acids is 2. The molecule has 1 amide bonds. The smallest absolute Gasteiger partial charge is 0.446 e. The van der Waals surface area contributed by atoms with Crippen molar-refractivity contribution in [1.29, 1.82) is 0 Å². The Balaban J connectivity index is 2.04. The molecule has 1 unspecified atom stereocenters. The third-order valence-electron chi connectivity index (χ3n) is 4.24. The van der Waals surface area contributed by atoms with E-state index in [1.54, 1.807) is 0 Å². The van der Waals surface area contributed by atoms with E-state index in [1.165, 1.54) is 24.3 Å². The molecule has 0 heterocycles. The lowest BCUT2D eigenvalue weighted by molar-refractivity contribution is -0.216. The number of esters is 1. The largest absolute Gasteiger partial charge is 0.491 e. The summed E-state index contributed by atoms with van der Waals surface area (Å²) in [7, 11) is 0. The topological polar surface area (TPSA) is 90.6 Å². The molecule has 0 saturated heterocycles. The minimum absolute atomic E-state index is 0.0290. The number of amides is 1. The summed E-state index contributed by atoms with van der Waals surface area (Å²) in [6.07, 6.45) is -4.46. The summed E-state index contributed by atoms with van der Waals surface area (Å²) >= 11 is 5.73. The van der Waals surface area contributed by atoms with Gasteiger partial charge < -0.3 is 20.5 Å². The molecule has 10 heteroatoms. The van der Waals surface area contributed by atoms with Crippen molar-refractivity contribution in [3.05, 3.63) is 29.3 Å². The normalized spacial score (nSPS) is 21.2. The number of alkyl halides is 3.